The summed E-state index contributed by atoms with van der Waals surface area (Å²) in [6, 6.07) is 1.47. The van der Waals surface area contributed by atoms with E-state index in [4.69, 9.17) is 4.74 Å². The van der Waals surface area contributed by atoms with Crippen molar-refractivity contribution in [3.8, 4) is 0 Å². The van der Waals surface area contributed by atoms with Crippen molar-refractivity contribution in [2.75, 3.05) is 11.4 Å². The van der Waals surface area contributed by atoms with Crippen molar-refractivity contribution in [1.82, 2.24) is 10.6 Å². The molecule has 10 nitrogen and oxygen atoms in total. The maximum absolute atomic E-state index is 13.0. The number of hydrogen-bond donors (Lipinski definition) is 2. The molecule has 2 saturated heterocycles. The molecule has 2 fully saturated rings. The molecule has 0 saturated carbocycles. The molecular weight excluding hydrogens is 436 g/mol. The minimum Gasteiger partial charge on any atom is -0.372 e. The molecule has 0 unspecified atom stereocenters. The zero-order valence-corrected chi connectivity index (χ0v) is 16.6. The van der Waals surface area contributed by atoms with E-state index < -0.39 is 40.3 Å². The molecule has 0 radical (unpaired) electrons. The maximum atomic E-state index is 13.0. The van der Waals surface area contributed by atoms with E-state index >= 15 is 0 Å². The van der Waals surface area contributed by atoms with Gasteiger partial charge in [-0.25, -0.2) is 4.79 Å². The first-order chi connectivity index (χ1) is 13.1. The summed E-state index contributed by atoms with van der Waals surface area (Å²) in [5.74, 6) is -1.45. The number of fused-ring (bicyclic) bond motifs is 4. The van der Waals surface area contributed by atoms with Gasteiger partial charge in [0.15, 0.2) is 5.41 Å². The molecule has 4 amide bonds. The molecule has 1 spiro atoms. The number of nitrogens with zero attached hydrogens (tertiary/aromatic N) is 2. The van der Waals surface area contributed by atoms with E-state index in [1.165, 1.54) is 6.07 Å². The van der Waals surface area contributed by atoms with E-state index in [1.54, 1.807) is 13.0 Å². The van der Waals surface area contributed by atoms with E-state index in [1.807, 2.05) is 11.8 Å². The highest BCUT2D eigenvalue weighted by atomic mass is 79.9. The quantitative estimate of drug-likeness (QED) is 0.372. The first-order valence-electron chi connectivity index (χ1n) is 8.71. The number of urea groups is 1. The van der Waals surface area contributed by atoms with Gasteiger partial charge in [0.2, 0.25) is 11.8 Å². The molecule has 4 rings (SSSR count). The smallest absolute Gasteiger partial charge is 0.328 e. The Labute approximate surface area is 167 Å². The number of barbiturate groups is 1. The van der Waals surface area contributed by atoms with Crippen molar-refractivity contribution in [3.63, 3.8) is 0 Å². The number of nitro groups is 1. The molecule has 3 aliphatic heterocycles. The lowest BCUT2D eigenvalue weighted by atomic mass is 9.66. The number of ether oxygens (including phenoxy) is 1. The second-order valence-corrected chi connectivity index (χ2v) is 8.18. The summed E-state index contributed by atoms with van der Waals surface area (Å²) in [6.07, 6.45) is -0.750. The van der Waals surface area contributed by atoms with Crippen LogP contribution >= 0.6 is 15.9 Å². The Bertz CT molecular complexity index is 914. The van der Waals surface area contributed by atoms with Crippen molar-refractivity contribution >= 4 is 45.2 Å². The molecule has 28 heavy (non-hydrogen) atoms. The van der Waals surface area contributed by atoms with Crippen LogP contribution in [0.1, 0.15) is 19.4 Å². The van der Waals surface area contributed by atoms with Crippen LogP contribution in [0.25, 0.3) is 0 Å². The number of halogens is 1. The lowest BCUT2D eigenvalue weighted by molar-refractivity contribution is -0.385. The zero-order valence-electron chi connectivity index (χ0n) is 15.0. The van der Waals surface area contributed by atoms with Gasteiger partial charge in [0.25, 0.3) is 5.69 Å². The number of amides is 4. The number of carbonyl (C=O) groups is 3. The molecule has 0 aromatic heterocycles. The number of hydrogen-bond acceptors (Lipinski definition) is 7. The predicted molar refractivity (Wildman–Crippen MR) is 99.8 cm³/mol. The van der Waals surface area contributed by atoms with E-state index in [0.717, 1.165) is 0 Å². The fourth-order valence-corrected chi connectivity index (χ4v) is 5.06. The summed E-state index contributed by atoms with van der Waals surface area (Å²) in [5, 5.41) is 15.7. The van der Waals surface area contributed by atoms with Crippen LogP contribution in [0.3, 0.4) is 0 Å². The van der Waals surface area contributed by atoms with Crippen LogP contribution < -0.4 is 15.5 Å². The lowest BCUT2D eigenvalue weighted by Gasteiger charge is -2.55. The van der Waals surface area contributed by atoms with Gasteiger partial charge in [0.05, 0.1) is 27.6 Å². The zero-order chi connectivity index (χ0) is 20.4. The Kier molecular flexibility index (Phi) is 4.19. The van der Waals surface area contributed by atoms with Crippen molar-refractivity contribution in [3.05, 3.63) is 32.3 Å². The average molecular weight is 453 g/mol. The molecule has 3 heterocycles. The SMILES string of the molecule is C[C@@H]1CN2c3cc(Br)c([N+](=O)[O-])cc3CC3(C(=O)NC(=O)NC3=O)[C@H]2[C@H](C)O1. The van der Waals surface area contributed by atoms with Crippen molar-refractivity contribution in [1.29, 1.82) is 0 Å². The largest absolute Gasteiger partial charge is 0.372 e. The Morgan fingerprint density at radius 3 is 2.50 bits per heavy atom. The number of nitrogens with one attached hydrogen (secondary N) is 2. The number of nitro benzene ring substituents is 1. The molecular formula is C17H17BrN4O6. The van der Waals surface area contributed by atoms with Crippen LogP contribution in [-0.2, 0) is 20.7 Å². The van der Waals surface area contributed by atoms with Gasteiger partial charge in [0, 0.05) is 24.7 Å². The Morgan fingerprint density at radius 1 is 1.25 bits per heavy atom. The number of morpholine rings is 1. The van der Waals surface area contributed by atoms with Gasteiger partial charge in [-0.05, 0) is 41.4 Å². The number of benzene rings is 1. The normalized spacial score (nSPS) is 28.3. The topological polar surface area (TPSA) is 131 Å². The van der Waals surface area contributed by atoms with Gasteiger partial charge >= 0.3 is 6.03 Å². The van der Waals surface area contributed by atoms with Crippen LogP contribution in [0.5, 0.6) is 0 Å². The predicted octanol–water partition coefficient (Wildman–Crippen LogP) is 1.25. The second-order valence-electron chi connectivity index (χ2n) is 7.32. The summed E-state index contributed by atoms with van der Waals surface area (Å²) in [4.78, 5) is 50.3. The van der Waals surface area contributed by atoms with Crippen LogP contribution in [0, 0.1) is 15.5 Å². The molecule has 0 aliphatic carbocycles. The van der Waals surface area contributed by atoms with Gasteiger partial charge in [-0.15, -0.1) is 0 Å². The molecule has 148 valence electrons. The molecule has 0 bridgehead atoms. The van der Waals surface area contributed by atoms with Gasteiger partial charge < -0.3 is 9.64 Å². The first-order valence-corrected chi connectivity index (χ1v) is 9.50. The fourth-order valence-electron chi connectivity index (χ4n) is 4.58. The van der Waals surface area contributed by atoms with Crippen molar-refractivity contribution < 1.29 is 24.0 Å². The van der Waals surface area contributed by atoms with Gasteiger partial charge in [-0.3, -0.25) is 30.3 Å². The number of anilines is 1. The highest BCUT2D eigenvalue weighted by Crippen LogP contribution is 2.48. The monoisotopic (exact) mass is 452 g/mol. The van der Waals surface area contributed by atoms with Gasteiger partial charge in [-0.2, -0.15) is 0 Å². The first kappa shape index (κ1) is 18.8. The standard InChI is InChI=1S/C17H17BrN4O6/c1-7-6-21-11-4-10(18)12(22(26)27)3-9(11)5-17(13(21)8(2)28-7)14(23)19-16(25)20-15(17)24/h3-4,7-8,13H,5-6H2,1-2H3,(H2,19,20,23,24,25)/t7-,8+,13-/m1/s1. The summed E-state index contributed by atoms with van der Waals surface area (Å²) in [7, 11) is 0. The molecule has 1 aromatic carbocycles. The molecule has 2 N–H and O–H groups in total. The number of carbonyl (C=O) groups excluding carboxylic acids is 3. The molecule has 1 aromatic rings. The number of imide groups is 2. The van der Waals surface area contributed by atoms with Crippen LogP contribution in [0.15, 0.2) is 16.6 Å². The molecule has 3 aliphatic rings. The third-order valence-corrected chi connectivity index (χ3v) is 6.21. The maximum Gasteiger partial charge on any atom is 0.328 e. The minimum atomic E-state index is -1.64. The van der Waals surface area contributed by atoms with Crippen LogP contribution in [0.4, 0.5) is 16.2 Å². The number of rotatable bonds is 1. The van der Waals surface area contributed by atoms with Crippen LogP contribution in [0.2, 0.25) is 0 Å². The second kappa shape index (κ2) is 6.24. The van der Waals surface area contributed by atoms with Crippen molar-refractivity contribution in [2.24, 2.45) is 5.41 Å². The van der Waals surface area contributed by atoms with Crippen molar-refractivity contribution in [2.45, 2.75) is 38.5 Å². The summed E-state index contributed by atoms with van der Waals surface area (Å²) in [5.41, 5.74) is -0.601. The highest BCUT2D eigenvalue weighted by molar-refractivity contribution is 9.10. The highest BCUT2D eigenvalue weighted by Gasteiger charge is 2.62. The van der Waals surface area contributed by atoms with E-state index in [9.17, 15) is 24.5 Å². The van der Waals surface area contributed by atoms with Gasteiger partial charge in [0.1, 0.15) is 0 Å². The summed E-state index contributed by atoms with van der Waals surface area (Å²) in [6.45, 7) is 4.04. The average Bonchev–Trinajstić information content (AvgIpc) is 2.58. The lowest BCUT2D eigenvalue weighted by Crippen LogP contribution is -2.75. The third-order valence-electron chi connectivity index (χ3n) is 5.57. The Balaban J connectivity index is 1.95. The van der Waals surface area contributed by atoms with E-state index in [0.29, 0.717) is 22.3 Å². The third kappa shape index (κ3) is 2.53. The van der Waals surface area contributed by atoms with E-state index in [2.05, 4.69) is 26.6 Å². The van der Waals surface area contributed by atoms with Crippen LogP contribution in [-0.4, -0.2) is 47.6 Å². The molecule has 11 heteroatoms. The minimum absolute atomic E-state index is 0.0787. The molecule has 3 atom stereocenters. The Morgan fingerprint density at radius 2 is 1.89 bits per heavy atom. The van der Waals surface area contributed by atoms with Gasteiger partial charge in [-0.1, -0.05) is 0 Å². The summed E-state index contributed by atoms with van der Waals surface area (Å²) >= 11 is 3.24. The summed E-state index contributed by atoms with van der Waals surface area (Å²) < 4.78 is 6.22. The fraction of sp³-hybridized carbons (Fsp3) is 0.471. The Hall–Kier alpha value is -2.53. The van der Waals surface area contributed by atoms with E-state index in [-0.39, 0.29) is 18.2 Å².